The second-order valence-electron chi connectivity index (χ2n) is 5.88. The fraction of sp³-hybridized carbons (Fsp3) is 0.917. The van der Waals surface area contributed by atoms with Crippen LogP contribution in [0.1, 0.15) is 33.6 Å². The minimum absolute atomic E-state index is 0.0649. The van der Waals surface area contributed by atoms with Crippen molar-refractivity contribution in [3.05, 3.63) is 0 Å². The number of carbonyl (C=O) groups excluding carboxylic acids is 1. The number of amides is 1. The number of rotatable bonds is 3. The molecule has 1 rings (SSSR count). The Kier molecular flexibility index (Phi) is 4.33. The molecule has 0 aromatic rings. The Balaban J connectivity index is 2.43. The molecule has 0 unspecified atom stereocenters. The second-order valence-corrected chi connectivity index (χ2v) is 5.88. The number of carbonyl (C=O) groups is 1. The van der Waals surface area contributed by atoms with Crippen LogP contribution in [0.3, 0.4) is 0 Å². The van der Waals surface area contributed by atoms with Crippen molar-refractivity contribution in [3.63, 3.8) is 0 Å². The molecular weight excluding hydrogens is 204 g/mol. The van der Waals surface area contributed by atoms with Crippen LogP contribution < -0.4 is 11.1 Å². The van der Waals surface area contributed by atoms with Gasteiger partial charge in [-0.1, -0.05) is 20.8 Å². The first-order chi connectivity index (χ1) is 7.33. The predicted octanol–water partition coefficient (Wildman–Crippen LogP) is 0.901. The first kappa shape index (κ1) is 13.5. The minimum atomic E-state index is -0.0905. The van der Waals surface area contributed by atoms with Crippen LogP contribution >= 0.6 is 0 Å². The number of methoxy groups -OCH3 is 1. The summed E-state index contributed by atoms with van der Waals surface area (Å²) in [7, 11) is 1.67. The normalized spacial score (nSPS) is 30.4. The van der Waals surface area contributed by atoms with Gasteiger partial charge < -0.3 is 15.8 Å². The van der Waals surface area contributed by atoms with Gasteiger partial charge in [0.15, 0.2) is 0 Å². The van der Waals surface area contributed by atoms with Crippen molar-refractivity contribution in [2.45, 2.75) is 45.8 Å². The number of hydrogen-bond donors (Lipinski definition) is 2. The lowest BCUT2D eigenvalue weighted by Crippen LogP contribution is -2.41. The smallest absolute Gasteiger partial charge is 0.224 e. The van der Waals surface area contributed by atoms with Gasteiger partial charge >= 0.3 is 0 Å². The van der Waals surface area contributed by atoms with Crippen LogP contribution in [0.25, 0.3) is 0 Å². The minimum Gasteiger partial charge on any atom is -0.381 e. The molecule has 1 fully saturated rings. The molecule has 0 heterocycles. The summed E-state index contributed by atoms with van der Waals surface area (Å²) in [6, 6.07) is -0.0649. The predicted molar refractivity (Wildman–Crippen MR) is 64.0 cm³/mol. The van der Waals surface area contributed by atoms with E-state index in [9.17, 15) is 4.79 Å². The molecule has 0 bridgehead atoms. The molecule has 1 aliphatic rings. The second kappa shape index (κ2) is 5.15. The first-order valence-corrected chi connectivity index (χ1v) is 5.89. The van der Waals surface area contributed by atoms with E-state index in [2.05, 4.69) is 26.1 Å². The molecule has 1 amide bonds. The summed E-state index contributed by atoms with van der Waals surface area (Å²) in [6.45, 7) is 6.98. The van der Waals surface area contributed by atoms with Crippen LogP contribution in [0.2, 0.25) is 0 Å². The summed E-state index contributed by atoms with van der Waals surface area (Å²) >= 11 is 0. The molecule has 16 heavy (non-hydrogen) atoms. The third-order valence-electron chi connectivity index (χ3n) is 3.03. The monoisotopic (exact) mass is 228 g/mol. The van der Waals surface area contributed by atoms with Gasteiger partial charge in [-0.25, -0.2) is 0 Å². The van der Waals surface area contributed by atoms with Crippen LogP contribution in [0.4, 0.5) is 0 Å². The summed E-state index contributed by atoms with van der Waals surface area (Å²) in [4.78, 5) is 11.9. The molecule has 4 nitrogen and oxygen atoms in total. The molecule has 0 radical (unpaired) electrons. The van der Waals surface area contributed by atoms with Crippen LogP contribution in [0.5, 0.6) is 0 Å². The maximum atomic E-state index is 11.9. The number of nitrogens with one attached hydrogen (secondary N) is 1. The van der Waals surface area contributed by atoms with E-state index in [1.165, 1.54) is 0 Å². The van der Waals surface area contributed by atoms with Crippen LogP contribution in [0, 0.1) is 11.3 Å². The van der Waals surface area contributed by atoms with Gasteiger partial charge in [0, 0.05) is 19.7 Å². The molecule has 0 aliphatic heterocycles. The SMILES string of the molecule is CO[C@@H]1C[C@@H](N)[C@@H](C(=O)NCC(C)(C)C)C1. The van der Waals surface area contributed by atoms with Gasteiger partial charge in [-0.3, -0.25) is 4.79 Å². The van der Waals surface area contributed by atoms with Gasteiger partial charge in [0.1, 0.15) is 0 Å². The average molecular weight is 228 g/mol. The van der Waals surface area contributed by atoms with Gasteiger partial charge in [0.2, 0.25) is 5.91 Å². The highest BCUT2D eigenvalue weighted by Crippen LogP contribution is 2.27. The lowest BCUT2D eigenvalue weighted by atomic mass is 9.96. The molecule has 1 aliphatic carbocycles. The Bertz CT molecular complexity index is 248. The average Bonchev–Trinajstić information content (AvgIpc) is 2.55. The highest BCUT2D eigenvalue weighted by Gasteiger charge is 2.36. The molecule has 0 saturated heterocycles. The zero-order valence-electron chi connectivity index (χ0n) is 10.7. The van der Waals surface area contributed by atoms with E-state index in [4.69, 9.17) is 10.5 Å². The van der Waals surface area contributed by atoms with E-state index < -0.39 is 0 Å². The Morgan fingerprint density at radius 2 is 2.06 bits per heavy atom. The molecule has 0 spiro atoms. The Morgan fingerprint density at radius 1 is 1.44 bits per heavy atom. The quantitative estimate of drug-likeness (QED) is 0.754. The van der Waals surface area contributed by atoms with Crippen molar-refractivity contribution < 1.29 is 9.53 Å². The van der Waals surface area contributed by atoms with E-state index in [1.54, 1.807) is 7.11 Å². The largest absolute Gasteiger partial charge is 0.381 e. The van der Waals surface area contributed by atoms with Gasteiger partial charge in [0.05, 0.1) is 12.0 Å². The van der Waals surface area contributed by atoms with E-state index in [0.717, 1.165) is 12.8 Å². The van der Waals surface area contributed by atoms with E-state index in [0.29, 0.717) is 6.54 Å². The highest BCUT2D eigenvalue weighted by atomic mass is 16.5. The van der Waals surface area contributed by atoms with Crippen molar-refractivity contribution in [1.29, 1.82) is 0 Å². The lowest BCUT2D eigenvalue weighted by molar-refractivity contribution is -0.125. The molecule has 0 aromatic heterocycles. The Hall–Kier alpha value is -0.610. The zero-order valence-corrected chi connectivity index (χ0v) is 10.7. The Labute approximate surface area is 97.9 Å². The van der Waals surface area contributed by atoms with Gasteiger partial charge in [-0.05, 0) is 18.3 Å². The molecule has 3 atom stereocenters. The van der Waals surface area contributed by atoms with Gasteiger partial charge in [-0.15, -0.1) is 0 Å². The van der Waals surface area contributed by atoms with E-state index >= 15 is 0 Å². The molecule has 4 heteroatoms. The van der Waals surface area contributed by atoms with Crippen LogP contribution in [-0.4, -0.2) is 31.7 Å². The molecule has 3 N–H and O–H groups in total. The fourth-order valence-electron chi connectivity index (χ4n) is 2.00. The summed E-state index contributed by atoms with van der Waals surface area (Å²) in [5.74, 6) is -0.0192. The topological polar surface area (TPSA) is 64.3 Å². The van der Waals surface area contributed by atoms with Crippen LogP contribution in [0.15, 0.2) is 0 Å². The fourth-order valence-corrected chi connectivity index (χ4v) is 2.00. The third kappa shape index (κ3) is 3.76. The highest BCUT2D eigenvalue weighted by molar-refractivity contribution is 5.79. The van der Waals surface area contributed by atoms with E-state index in [1.807, 2.05) is 0 Å². The standard InChI is InChI=1S/C12H24N2O2/c1-12(2,3)7-14-11(15)9-5-8(16-4)6-10(9)13/h8-10H,5-7,13H2,1-4H3,(H,14,15)/t8-,9-,10+/m0/s1. The summed E-state index contributed by atoms with van der Waals surface area (Å²) < 4.78 is 5.25. The van der Waals surface area contributed by atoms with Crippen molar-refractivity contribution in [3.8, 4) is 0 Å². The van der Waals surface area contributed by atoms with Crippen molar-refractivity contribution >= 4 is 5.91 Å². The first-order valence-electron chi connectivity index (χ1n) is 5.89. The molecule has 0 aromatic carbocycles. The lowest BCUT2D eigenvalue weighted by Gasteiger charge is -2.21. The number of nitrogens with two attached hydrogens (primary N) is 1. The van der Waals surface area contributed by atoms with Crippen molar-refractivity contribution in [2.24, 2.45) is 17.1 Å². The van der Waals surface area contributed by atoms with Gasteiger partial charge in [-0.2, -0.15) is 0 Å². The number of ether oxygens (including phenoxy) is 1. The van der Waals surface area contributed by atoms with Gasteiger partial charge in [0.25, 0.3) is 0 Å². The van der Waals surface area contributed by atoms with Crippen molar-refractivity contribution in [1.82, 2.24) is 5.32 Å². The third-order valence-corrected chi connectivity index (χ3v) is 3.03. The summed E-state index contributed by atoms with van der Waals surface area (Å²) in [6.07, 6.45) is 1.66. The molecular formula is C12H24N2O2. The maximum Gasteiger partial charge on any atom is 0.224 e. The maximum absolute atomic E-state index is 11.9. The summed E-state index contributed by atoms with van der Waals surface area (Å²) in [5.41, 5.74) is 6.05. The summed E-state index contributed by atoms with van der Waals surface area (Å²) in [5, 5.41) is 2.97. The van der Waals surface area contributed by atoms with Crippen molar-refractivity contribution in [2.75, 3.05) is 13.7 Å². The van der Waals surface area contributed by atoms with E-state index in [-0.39, 0.29) is 29.4 Å². The molecule has 1 saturated carbocycles. The molecule has 94 valence electrons. The Morgan fingerprint density at radius 3 is 2.50 bits per heavy atom. The number of hydrogen-bond acceptors (Lipinski definition) is 3. The van der Waals surface area contributed by atoms with Crippen LogP contribution in [-0.2, 0) is 9.53 Å². The zero-order chi connectivity index (χ0) is 12.3.